The van der Waals surface area contributed by atoms with Gasteiger partial charge < -0.3 is 10.2 Å². The minimum absolute atomic E-state index is 0.275. The number of hydrogen-bond acceptors (Lipinski definition) is 3. The van der Waals surface area contributed by atoms with Crippen LogP contribution in [0.25, 0.3) is 0 Å². The van der Waals surface area contributed by atoms with Gasteiger partial charge >= 0.3 is 0 Å². The predicted octanol–water partition coefficient (Wildman–Crippen LogP) is 0.849. The zero-order valence-electron chi connectivity index (χ0n) is 11.8. The van der Waals surface area contributed by atoms with Crippen LogP contribution < -0.4 is 5.32 Å². The molecule has 18 heavy (non-hydrogen) atoms. The van der Waals surface area contributed by atoms with E-state index in [0.717, 1.165) is 45.7 Å². The molecule has 0 saturated carbocycles. The van der Waals surface area contributed by atoms with Gasteiger partial charge in [0, 0.05) is 39.3 Å². The lowest BCUT2D eigenvalue weighted by atomic mass is 9.98. The highest BCUT2D eigenvalue weighted by Gasteiger charge is 2.38. The van der Waals surface area contributed by atoms with E-state index >= 15 is 0 Å². The summed E-state index contributed by atoms with van der Waals surface area (Å²) in [4.78, 5) is 17.0. The van der Waals surface area contributed by atoms with E-state index < -0.39 is 0 Å². The minimum atomic E-state index is -0.375. The maximum atomic E-state index is 12.7. The van der Waals surface area contributed by atoms with Crippen LogP contribution in [0.4, 0.5) is 0 Å². The van der Waals surface area contributed by atoms with Crippen LogP contribution in [0.3, 0.4) is 0 Å². The molecule has 4 heteroatoms. The van der Waals surface area contributed by atoms with E-state index in [1.54, 1.807) is 0 Å². The van der Waals surface area contributed by atoms with Gasteiger partial charge in [-0.1, -0.05) is 11.6 Å². The second-order valence-corrected chi connectivity index (χ2v) is 5.86. The fraction of sp³-hybridized carbons (Fsp3) is 0.786. The topological polar surface area (TPSA) is 35.6 Å². The van der Waals surface area contributed by atoms with Crippen molar-refractivity contribution < 1.29 is 4.79 Å². The number of hydrogen-bond donors (Lipinski definition) is 1. The van der Waals surface area contributed by atoms with Gasteiger partial charge in [-0.05, 0) is 27.2 Å². The molecule has 0 radical (unpaired) electrons. The van der Waals surface area contributed by atoms with Gasteiger partial charge in [-0.15, -0.1) is 0 Å². The first-order valence-corrected chi connectivity index (χ1v) is 6.92. The lowest BCUT2D eigenvalue weighted by molar-refractivity contribution is -0.143. The number of carbonyl (C=O) groups is 1. The first-order valence-electron chi connectivity index (χ1n) is 6.92. The van der Waals surface area contributed by atoms with Crippen molar-refractivity contribution in [2.45, 2.75) is 32.7 Å². The number of nitrogens with one attached hydrogen (secondary N) is 1. The Morgan fingerprint density at radius 2 is 1.94 bits per heavy atom. The van der Waals surface area contributed by atoms with E-state index in [4.69, 9.17) is 0 Å². The largest absolute Gasteiger partial charge is 0.337 e. The lowest BCUT2D eigenvalue weighted by Crippen LogP contribution is -2.61. The van der Waals surface area contributed by atoms with Crippen molar-refractivity contribution in [1.29, 1.82) is 0 Å². The molecular weight excluding hydrogens is 226 g/mol. The van der Waals surface area contributed by atoms with Crippen LogP contribution in [-0.4, -0.2) is 60.5 Å². The predicted molar refractivity (Wildman–Crippen MR) is 73.5 cm³/mol. The molecule has 1 N–H and O–H groups in total. The van der Waals surface area contributed by atoms with Crippen LogP contribution in [-0.2, 0) is 4.79 Å². The number of rotatable bonds is 2. The first kappa shape index (κ1) is 13.6. The number of amides is 1. The maximum absolute atomic E-state index is 12.7. The molecular formula is C14H25N3O. The molecule has 0 bridgehead atoms. The van der Waals surface area contributed by atoms with Crippen molar-refractivity contribution in [2.24, 2.45) is 0 Å². The highest BCUT2D eigenvalue weighted by Crippen LogP contribution is 2.21. The summed E-state index contributed by atoms with van der Waals surface area (Å²) in [5.41, 5.74) is 0.936. The van der Waals surface area contributed by atoms with Crippen molar-refractivity contribution in [2.75, 3.05) is 39.3 Å². The summed E-state index contributed by atoms with van der Waals surface area (Å²) < 4.78 is 0. The summed E-state index contributed by atoms with van der Waals surface area (Å²) in [5.74, 6) is 0.275. The summed E-state index contributed by atoms with van der Waals surface area (Å²) in [5, 5.41) is 3.34. The Kier molecular flexibility index (Phi) is 4.07. The van der Waals surface area contributed by atoms with Crippen LogP contribution in [0.5, 0.6) is 0 Å². The summed E-state index contributed by atoms with van der Waals surface area (Å²) in [6.45, 7) is 11.8. The Hall–Kier alpha value is -0.870. The Labute approximate surface area is 110 Å². The summed E-state index contributed by atoms with van der Waals surface area (Å²) >= 11 is 0. The molecule has 0 aromatic heterocycles. The average molecular weight is 251 g/mol. The van der Waals surface area contributed by atoms with E-state index in [1.807, 2.05) is 4.90 Å². The fourth-order valence-electron chi connectivity index (χ4n) is 2.83. The standard InChI is InChI=1S/C14H25N3O/c1-12-5-4-8-16(11-12)13(18)14(2,3)17-9-6-15-7-10-17/h5,15H,4,6-11H2,1-3H3. The SMILES string of the molecule is CC1=CCCN(C(=O)C(C)(C)N2CCNCC2)C1. The molecule has 0 spiro atoms. The molecule has 0 aromatic carbocycles. The van der Waals surface area contributed by atoms with E-state index in [9.17, 15) is 4.79 Å². The molecule has 4 nitrogen and oxygen atoms in total. The fourth-order valence-corrected chi connectivity index (χ4v) is 2.83. The molecule has 1 fully saturated rings. The number of piperazine rings is 1. The monoisotopic (exact) mass is 251 g/mol. The van der Waals surface area contributed by atoms with Crippen molar-refractivity contribution in [3.8, 4) is 0 Å². The molecule has 1 saturated heterocycles. The minimum Gasteiger partial charge on any atom is -0.337 e. The average Bonchev–Trinajstić information content (AvgIpc) is 2.39. The molecule has 2 rings (SSSR count). The van der Waals surface area contributed by atoms with Crippen molar-refractivity contribution in [3.63, 3.8) is 0 Å². The van der Waals surface area contributed by atoms with Crippen LogP contribution >= 0.6 is 0 Å². The van der Waals surface area contributed by atoms with Crippen molar-refractivity contribution in [3.05, 3.63) is 11.6 Å². The van der Waals surface area contributed by atoms with Crippen molar-refractivity contribution >= 4 is 5.91 Å². The Balaban J connectivity index is 2.04. The third-order valence-corrected chi connectivity index (χ3v) is 4.05. The van der Waals surface area contributed by atoms with Gasteiger partial charge in [-0.2, -0.15) is 0 Å². The van der Waals surface area contributed by atoms with Crippen LogP contribution in [0.2, 0.25) is 0 Å². The van der Waals surface area contributed by atoms with Gasteiger partial charge in [-0.25, -0.2) is 0 Å². The van der Waals surface area contributed by atoms with Gasteiger partial charge in [0.05, 0.1) is 5.54 Å². The third-order valence-electron chi connectivity index (χ3n) is 4.05. The van der Waals surface area contributed by atoms with E-state index in [1.165, 1.54) is 5.57 Å². The Morgan fingerprint density at radius 3 is 2.56 bits per heavy atom. The molecule has 102 valence electrons. The zero-order valence-corrected chi connectivity index (χ0v) is 11.8. The van der Waals surface area contributed by atoms with Gasteiger partial charge in [0.25, 0.3) is 0 Å². The van der Waals surface area contributed by atoms with Gasteiger partial charge in [0.2, 0.25) is 5.91 Å². The number of nitrogens with zero attached hydrogens (tertiary/aromatic N) is 2. The van der Waals surface area contributed by atoms with Gasteiger partial charge in [-0.3, -0.25) is 9.69 Å². The normalized spacial score (nSPS) is 22.8. The van der Waals surface area contributed by atoms with Crippen LogP contribution in [0.15, 0.2) is 11.6 Å². The van der Waals surface area contributed by atoms with E-state index in [2.05, 4.69) is 37.1 Å². The highest BCUT2D eigenvalue weighted by molar-refractivity contribution is 5.86. The van der Waals surface area contributed by atoms with Crippen LogP contribution in [0.1, 0.15) is 27.2 Å². The highest BCUT2D eigenvalue weighted by atomic mass is 16.2. The molecule has 0 unspecified atom stereocenters. The Morgan fingerprint density at radius 1 is 1.28 bits per heavy atom. The summed E-state index contributed by atoms with van der Waals surface area (Å²) in [7, 11) is 0. The molecule has 2 aliphatic rings. The third kappa shape index (κ3) is 2.75. The smallest absolute Gasteiger partial charge is 0.242 e. The summed E-state index contributed by atoms with van der Waals surface area (Å²) in [6, 6.07) is 0. The molecule has 0 aliphatic carbocycles. The zero-order chi connectivity index (χ0) is 13.2. The van der Waals surface area contributed by atoms with Gasteiger partial charge in [0.1, 0.15) is 0 Å². The lowest BCUT2D eigenvalue weighted by Gasteiger charge is -2.43. The van der Waals surface area contributed by atoms with Crippen LogP contribution in [0, 0.1) is 0 Å². The first-order chi connectivity index (χ1) is 8.51. The van der Waals surface area contributed by atoms with E-state index in [-0.39, 0.29) is 11.4 Å². The molecule has 0 aromatic rings. The van der Waals surface area contributed by atoms with E-state index in [0.29, 0.717) is 0 Å². The molecule has 0 atom stereocenters. The molecule has 2 heterocycles. The molecule has 1 amide bonds. The maximum Gasteiger partial charge on any atom is 0.242 e. The Bertz CT molecular complexity index is 343. The quantitative estimate of drug-likeness (QED) is 0.739. The second-order valence-electron chi connectivity index (χ2n) is 5.86. The number of carbonyl (C=O) groups excluding carboxylic acids is 1. The second kappa shape index (κ2) is 5.41. The van der Waals surface area contributed by atoms with Gasteiger partial charge in [0.15, 0.2) is 0 Å². The van der Waals surface area contributed by atoms with Crippen molar-refractivity contribution in [1.82, 2.24) is 15.1 Å². The molecule has 2 aliphatic heterocycles. The summed E-state index contributed by atoms with van der Waals surface area (Å²) in [6.07, 6.45) is 3.23.